The van der Waals surface area contributed by atoms with E-state index < -0.39 is 0 Å². The number of hydrogen-bond acceptors (Lipinski definition) is 8. The fourth-order valence-electron chi connectivity index (χ4n) is 21.4. The molecule has 124 heavy (non-hydrogen) atoms. The third-order valence-electron chi connectivity index (χ3n) is 26.3. The first kappa shape index (κ1) is 92.6. The fourth-order valence-corrected chi connectivity index (χ4v) is 21.4. The van der Waals surface area contributed by atoms with Crippen LogP contribution in [0.2, 0.25) is 0 Å². The van der Waals surface area contributed by atoms with Crippen molar-refractivity contribution < 1.29 is 124 Å². The Morgan fingerprint density at radius 1 is 0.250 bits per heavy atom. The highest BCUT2D eigenvalue weighted by atomic mass is 79.9. The van der Waals surface area contributed by atoms with Crippen molar-refractivity contribution in [1.82, 2.24) is 18.3 Å². The number of aromatic nitrogens is 8. The van der Waals surface area contributed by atoms with Crippen LogP contribution in [0.15, 0.2) is 148 Å². The summed E-state index contributed by atoms with van der Waals surface area (Å²) < 4.78 is 79.5. The fraction of sp³-hybridized carbons (Fsp3) is 0.423. The molecule has 12 aromatic rings. The van der Waals surface area contributed by atoms with Gasteiger partial charge in [-0.2, -0.15) is 0 Å². The largest absolute Gasteiger partial charge is 1.00 e. The summed E-state index contributed by atoms with van der Waals surface area (Å²) in [6.07, 6.45) is 42.2. The van der Waals surface area contributed by atoms with Crippen LogP contribution in [0.3, 0.4) is 0 Å². The molecule has 8 bridgehead atoms. The standard InChI is InChI=1S/C104H124N8O8.4BrH/c1-17-21-25-29-77-81-49-83-78(30-26-22-18-2)85-51-87-80(32-28-24-20-4)88-52-86-79(31-27-23-19-3)84-50-82(77)98-90(54-106-34-38-110(58-106)94-71(11)43-66(6)44-72(94)12)100(84)116-63-118-102(86)92(56-108-36-40-112(60-108)96-75(15)47-68(8)48-76(96)16)104(88)120-64-119-103(87)91(55-107-35-39-111(59-107)95-73(13)45-67(7)46-74(95)14)101(85)117-62-115-99(83)89(97(81)113-61-114-98)53-105-33-37-109(57-105)93-69(9)41-65(5)42-70(93)10;;;;/h33-52,57-60,77-80H,17-32,53-56,61-64H2,1-16H3;4*1H/q+4;;;;/p-4. The van der Waals surface area contributed by atoms with E-state index in [0.717, 1.165) is 215 Å². The molecule has 0 atom stereocenters. The van der Waals surface area contributed by atoms with E-state index in [1.54, 1.807) is 0 Å². The summed E-state index contributed by atoms with van der Waals surface area (Å²) in [5, 5.41) is 0. The van der Waals surface area contributed by atoms with E-state index in [0.29, 0.717) is 26.2 Å². The van der Waals surface area contributed by atoms with Gasteiger partial charge in [-0.15, -0.1) is 0 Å². The Hall–Kier alpha value is -9.08. The first-order valence-corrected chi connectivity index (χ1v) is 44.7. The molecule has 16 nitrogen and oxygen atoms in total. The van der Waals surface area contributed by atoms with Gasteiger partial charge in [-0.25, -0.2) is 36.5 Å². The molecule has 0 unspecified atom stereocenters. The van der Waals surface area contributed by atoms with Gasteiger partial charge in [0.25, 0.3) is 0 Å². The van der Waals surface area contributed by atoms with Crippen LogP contribution in [-0.4, -0.2) is 45.4 Å². The van der Waals surface area contributed by atoms with Gasteiger partial charge < -0.3 is 106 Å². The minimum atomic E-state index is -0.238. The maximum absolute atomic E-state index is 7.64. The highest BCUT2D eigenvalue weighted by Gasteiger charge is 2.44. The van der Waals surface area contributed by atoms with Gasteiger partial charge in [-0.1, -0.05) is 176 Å². The van der Waals surface area contributed by atoms with Crippen molar-refractivity contribution in [2.24, 2.45) is 0 Å². The molecule has 0 amide bonds. The molecule has 656 valence electrons. The van der Waals surface area contributed by atoms with Gasteiger partial charge >= 0.3 is 0 Å². The molecule has 20 heteroatoms. The summed E-state index contributed by atoms with van der Waals surface area (Å²) in [6, 6.07) is 28.5. The summed E-state index contributed by atoms with van der Waals surface area (Å²) in [4.78, 5) is 0. The predicted octanol–water partition coefficient (Wildman–Crippen LogP) is 9.99. The highest BCUT2D eigenvalue weighted by Crippen LogP contribution is 2.59. The van der Waals surface area contributed by atoms with Crippen LogP contribution in [0.1, 0.15) is 288 Å². The third-order valence-corrected chi connectivity index (χ3v) is 26.3. The molecule has 8 aromatic carbocycles. The van der Waals surface area contributed by atoms with E-state index in [1.165, 1.54) is 89.5 Å². The molecule has 8 heterocycles. The Bertz CT molecular complexity index is 4970. The molecule has 0 radical (unpaired) electrons. The number of ether oxygens (including phenoxy) is 8. The lowest BCUT2D eigenvalue weighted by Gasteiger charge is -2.37. The summed E-state index contributed by atoms with van der Waals surface area (Å²) in [5.74, 6) is 5.38. The molecular formula is C104H124Br4N8O8. The van der Waals surface area contributed by atoms with Crippen molar-refractivity contribution >= 4 is 0 Å². The summed E-state index contributed by atoms with van der Waals surface area (Å²) in [7, 11) is 0. The average Bonchev–Trinajstić information content (AvgIpc) is 0.825. The molecule has 0 N–H and O–H groups in total. The zero-order valence-electron chi connectivity index (χ0n) is 75.5. The lowest BCUT2D eigenvalue weighted by Crippen LogP contribution is -3.00. The van der Waals surface area contributed by atoms with Crippen LogP contribution >= 0.6 is 0 Å². The molecule has 0 saturated carbocycles. The van der Waals surface area contributed by atoms with Gasteiger partial charge in [0, 0.05) is 68.2 Å². The van der Waals surface area contributed by atoms with Crippen LogP contribution in [0.25, 0.3) is 22.7 Å². The van der Waals surface area contributed by atoms with Gasteiger partial charge in [-0.05, 0) is 178 Å². The van der Waals surface area contributed by atoms with Crippen molar-refractivity contribution in [3.05, 3.63) is 281 Å². The average molecular weight is 1930 g/mol. The van der Waals surface area contributed by atoms with E-state index >= 15 is 0 Å². The Kier molecular flexibility index (Phi) is 29.8. The highest BCUT2D eigenvalue weighted by molar-refractivity contribution is 5.70. The van der Waals surface area contributed by atoms with Gasteiger partial charge in [0.2, 0.25) is 52.5 Å². The second-order valence-corrected chi connectivity index (χ2v) is 35.5. The number of unbranched alkanes of at least 4 members (excludes halogenated alkanes) is 8. The summed E-state index contributed by atoms with van der Waals surface area (Å²) in [5.41, 5.74) is 32.4. The van der Waals surface area contributed by atoms with Gasteiger partial charge in [0.15, 0.2) is 0 Å². The smallest absolute Gasteiger partial charge is 0.249 e. The normalized spacial score (nSPS) is 15.5. The first-order chi connectivity index (χ1) is 58.3. The SMILES string of the molecule is CCCCCC1c2cc3c4c(C[n+]5ccn(-c6c(C)cc(C)cc6C)c5)c2OCOc2c1cc1c(c2C[n+]2ccn(-c5c(C)cc(C)cc5C)c2)OCOc2c(cc5c(c2C[n+]2ccn(-c6c(C)cc(C)cc6C)c2)OCOc2c(cc(c(c2C[n+]2ccn(-c6c(C)cc(C)cc6C)c2)OCO4)C3CCCCC)C5CCCCC)C1CCCCC.[Br-].[Br-].[Br-].[Br-]. The zero-order chi connectivity index (χ0) is 83.3. The summed E-state index contributed by atoms with van der Waals surface area (Å²) in [6.45, 7) is 37.3. The second-order valence-electron chi connectivity index (χ2n) is 35.5. The minimum absolute atomic E-state index is 0. The van der Waals surface area contributed by atoms with E-state index in [-0.39, 0.29) is 119 Å². The molecule has 0 saturated heterocycles. The molecular weight excluding hydrogens is 1810 g/mol. The molecule has 1 aliphatic carbocycles. The molecule has 4 aromatic heterocycles. The zero-order valence-corrected chi connectivity index (χ0v) is 81.8. The lowest BCUT2D eigenvalue weighted by molar-refractivity contribution is -0.687. The topological polar surface area (TPSA) is 109 Å². The van der Waals surface area contributed by atoms with E-state index in [1.807, 2.05) is 0 Å². The number of nitrogens with zero attached hydrogens (tertiary/aromatic N) is 8. The summed E-state index contributed by atoms with van der Waals surface area (Å²) >= 11 is 0. The Morgan fingerprint density at radius 2 is 0.419 bits per heavy atom. The van der Waals surface area contributed by atoms with E-state index in [9.17, 15) is 0 Å². The van der Waals surface area contributed by atoms with Crippen LogP contribution in [0.5, 0.6) is 46.0 Å². The molecule has 4 aliphatic heterocycles. The monoisotopic (exact) mass is 1930 g/mol. The quantitative estimate of drug-likeness (QED) is 0.0353. The minimum Gasteiger partial charge on any atom is -1.00 e. The van der Waals surface area contributed by atoms with Gasteiger partial charge in [-0.3, -0.25) is 0 Å². The van der Waals surface area contributed by atoms with Gasteiger partial charge in [0.1, 0.15) is 144 Å². The Labute approximate surface area is 776 Å². The Morgan fingerprint density at radius 3 is 0.581 bits per heavy atom. The second kappa shape index (κ2) is 39.9. The molecule has 0 spiro atoms. The van der Waals surface area contributed by atoms with Crippen LogP contribution in [0.4, 0.5) is 0 Å². The third kappa shape index (κ3) is 18.2. The van der Waals surface area contributed by atoms with Crippen molar-refractivity contribution in [1.29, 1.82) is 0 Å². The van der Waals surface area contributed by atoms with E-state index in [2.05, 4.69) is 295 Å². The molecule has 17 rings (SSSR count). The number of benzene rings is 8. The van der Waals surface area contributed by atoms with Crippen LogP contribution < -0.4 is 124 Å². The molecule has 5 aliphatic rings. The number of hydrogen-bond donors (Lipinski definition) is 0. The number of rotatable bonds is 28. The molecule has 0 fully saturated rings. The first-order valence-electron chi connectivity index (χ1n) is 44.7. The maximum Gasteiger partial charge on any atom is 0.249 e. The number of aryl methyl sites for hydroxylation is 12. The lowest BCUT2D eigenvalue weighted by atomic mass is 9.74. The Balaban J connectivity index is 0.00000330. The maximum atomic E-state index is 7.64. The van der Waals surface area contributed by atoms with Crippen LogP contribution in [-0.2, 0) is 26.2 Å². The van der Waals surface area contributed by atoms with E-state index in [4.69, 9.17) is 37.9 Å². The van der Waals surface area contributed by atoms with Crippen molar-refractivity contribution in [2.75, 3.05) is 27.2 Å². The number of imidazole rings is 4. The predicted molar refractivity (Wildman–Crippen MR) is 471 cm³/mol. The number of halogens is 4. The van der Waals surface area contributed by atoms with Crippen molar-refractivity contribution in [2.45, 2.75) is 263 Å². The van der Waals surface area contributed by atoms with Crippen LogP contribution in [0, 0.1) is 83.1 Å². The van der Waals surface area contributed by atoms with Gasteiger partial charge in [0.05, 0.1) is 22.3 Å². The van der Waals surface area contributed by atoms with Crippen molar-refractivity contribution in [3.63, 3.8) is 0 Å². The van der Waals surface area contributed by atoms with Crippen molar-refractivity contribution in [3.8, 4) is 68.7 Å².